The number of nitrogens with zero attached hydrogens (tertiary/aromatic N) is 3. The lowest BCUT2D eigenvalue weighted by Crippen LogP contribution is -2.44. The second-order valence-corrected chi connectivity index (χ2v) is 5.44. The van der Waals surface area contributed by atoms with Crippen LogP contribution in [0.25, 0.3) is 12.2 Å². The fourth-order valence-electron chi connectivity index (χ4n) is 2.49. The number of likely N-dealkylation sites (N-methyl/N-ethyl adjacent to an activating group) is 1. The lowest BCUT2D eigenvalue weighted by Gasteiger charge is -2.30. The van der Waals surface area contributed by atoms with Gasteiger partial charge in [-0.3, -0.25) is 4.90 Å². The van der Waals surface area contributed by atoms with E-state index in [2.05, 4.69) is 52.5 Å². The SMILES string of the molecule is Cc1cccc(/C=C/c2nc(C3CNCCN3C)no2)c1. The highest BCUT2D eigenvalue weighted by molar-refractivity contribution is 5.66. The van der Waals surface area contributed by atoms with Crippen molar-refractivity contribution in [2.24, 2.45) is 0 Å². The van der Waals surface area contributed by atoms with Crippen molar-refractivity contribution in [2.75, 3.05) is 26.7 Å². The van der Waals surface area contributed by atoms with Gasteiger partial charge in [-0.2, -0.15) is 4.98 Å². The first-order valence-electron chi connectivity index (χ1n) is 7.22. The zero-order valence-corrected chi connectivity index (χ0v) is 12.4. The predicted molar refractivity (Wildman–Crippen MR) is 82.6 cm³/mol. The average Bonchev–Trinajstić information content (AvgIpc) is 2.94. The predicted octanol–water partition coefficient (Wildman–Crippen LogP) is 2.12. The first-order chi connectivity index (χ1) is 10.2. The molecule has 1 aromatic carbocycles. The van der Waals surface area contributed by atoms with Gasteiger partial charge in [0.25, 0.3) is 5.89 Å². The summed E-state index contributed by atoms with van der Waals surface area (Å²) in [4.78, 5) is 6.72. The molecule has 0 aliphatic carbocycles. The Kier molecular flexibility index (Phi) is 4.13. The molecule has 0 bridgehead atoms. The summed E-state index contributed by atoms with van der Waals surface area (Å²) in [6.45, 7) is 4.93. The maximum atomic E-state index is 5.32. The molecular formula is C16H20N4O. The van der Waals surface area contributed by atoms with Crippen molar-refractivity contribution in [3.8, 4) is 0 Å². The number of benzene rings is 1. The third-order valence-electron chi connectivity index (χ3n) is 3.73. The summed E-state index contributed by atoms with van der Waals surface area (Å²) in [5.41, 5.74) is 2.37. The fourth-order valence-corrected chi connectivity index (χ4v) is 2.49. The molecule has 1 unspecified atom stereocenters. The minimum Gasteiger partial charge on any atom is -0.335 e. The second kappa shape index (κ2) is 6.20. The molecule has 1 aliphatic heterocycles. The first-order valence-corrected chi connectivity index (χ1v) is 7.22. The summed E-state index contributed by atoms with van der Waals surface area (Å²) >= 11 is 0. The Balaban J connectivity index is 1.73. The van der Waals surface area contributed by atoms with Gasteiger partial charge in [-0.1, -0.05) is 35.0 Å². The summed E-state index contributed by atoms with van der Waals surface area (Å²) in [7, 11) is 2.09. The van der Waals surface area contributed by atoms with E-state index in [1.165, 1.54) is 5.56 Å². The average molecular weight is 284 g/mol. The van der Waals surface area contributed by atoms with E-state index in [0.29, 0.717) is 5.89 Å². The van der Waals surface area contributed by atoms with E-state index in [4.69, 9.17) is 4.52 Å². The maximum Gasteiger partial charge on any atom is 0.250 e. The van der Waals surface area contributed by atoms with Crippen LogP contribution in [0, 0.1) is 6.92 Å². The molecule has 21 heavy (non-hydrogen) atoms. The highest BCUT2D eigenvalue weighted by atomic mass is 16.5. The minimum absolute atomic E-state index is 0.184. The van der Waals surface area contributed by atoms with Gasteiger partial charge in [-0.05, 0) is 25.6 Å². The highest BCUT2D eigenvalue weighted by Gasteiger charge is 2.24. The van der Waals surface area contributed by atoms with E-state index in [0.717, 1.165) is 31.0 Å². The molecule has 1 saturated heterocycles. The van der Waals surface area contributed by atoms with Crippen LogP contribution < -0.4 is 5.32 Å². The molecule has 3 rings (SSSR count). The lowest BCUT2D eigenvalue weighted by molar-refractivity contribution is 0.190. The van der Waals surface area contributed by atoms with Crippen molar-refractivity contribution in [1.29, 1.82) is 0 Å². The largest absolute Gasteiger partial charge is 0.335 e. The van der Waals surface area contributed by atoms with Crippen molar-refractivity contribution in [3.05, 3.63) is 47.1 Å². The van der Waals surface area contributed by atoms with Gasteiger partial charge in [-0.25, -0.2) is 0 Å². The van der Waals surface area contributed by atoms with Crippen LogP contribution in [0.1, 0.15) is 28.9 Å². The van der Waals surface area contributed by atoms with Gasteiger partial charge in [0.1, 0.15) is 0 Å². The summed E-state index contributed by atoms with van der Waals surface area (Å²) in [5.74, 6) is 1.29. The number of hydrogen-bond donors (Lipinski definition) is 1. The Morgan fingerprint density at radius 1 is 1.38 bits per heavy atom. The number of rotatable bonds is 3. The van der Waals surface area contributed by atoms with Crippen LogP contribution in [0.15, 0.2) is 28.8 Å². The summed E-state index contributed by atoms with van der Waals surface area (Å²) in [5, 5.41) is 7.46. The van der Waals surface area contributed by atoms with Crippen molar-refractivity contribution in [3.63, 3.8) is 0 Å². The molecular weight excluding hydrogens is 264 g/mol. The molecule has 0 radical (unpaired) electrons. The van der Waals surface area contributed by atoms with Crippen molar-refractivity contribution in [2.45, 2.75) is 13.0 Å². The van der Waals surface area contributed by atoms with E-state index in [9.17, 15) is 0 Å². The molecule has 1 aromatic heterocycles. The van der Waals surface area contributed by atoms with Gasteiger partial charge in [0, 0.05) is 25.7 Å². The van der Waals surface area contributed by atoms with Gasteiger partial charge in [0.15, 0.2) is 5.82 Å². The molecule has 2 heterocycles. The van der Waals surface area contributed by atoms with Crippen LogP contribution in [0.3, 0.4) is 0 Å². The molecule has 1 fully saturated rings. The smallest absolute Gasteiger partial charge is 0.250 e. The quantitative estimate of drug-likeness (QED) is 0.935. The molecule has 2 aromatic rings. The summed E-state index contributed by atoms with van der Waals surface area (Å²) in [6, 6.07) is 8.47. The van der Waals surface area contributed by atoms with Gasteiger partial charge in [0.05, 0.1) is 6.04 Å². The second-order valence-electron chi connectivity index (χ2n) is 5.44. The molecule has 110 valence electrons. The number of hydrogen-bond acceptors (Lipinski definition) is 5. The van der Waals surface area contributed by atoms with E-state index in [-0.39, 0.29) is 6.04 Å². The molecule has 1 atom stereocenters. The molecule has 1 aliphatic rings. The Morgan fingerprint density at radius 2 is 2.29 bits per heavy atom. The Bertz CT molecular complexity index is 635. The molecule has 5 heteroatoms. The third kappa shape index (κ3) is 3.37. The summed E-state index contributed by atoms with van der Waals surface area (Å²) < 4.78 is 5.32. The monoisotopic (exact) mass is 284 g/mol. The fraction of sp³-hybridized carbons (Fsp3) is 0.375. The number of aryl methyl sites for hydroxylation is 1. The van der Waals surface area contributed by atoms with Gasteiger partial charge < -0.3 is 9.84 Å². The first kappa shape index (κ1) is 14.0. The van der Waals surface area contributed by atoms with Crippen LogP contribution in [-0.2, 0) is 0 Å². The normalized spacial score (nSPS) is 20.2. The number of piperazine rings is 1. The highest BCUT2D eigenvalue weighted by Crippen LogP contribution is 2.18. The van der Waals surface area contributed by atoms with Crippen molar-refractivity contribution >= 4 is 12.2 Å². The number of nitrogens with one attached hydrogen (secondary N) is 1. The summed E-state index contributed by atoms with van der Waals surface area (Å²) in [6.07, 6.45) is 3.86. The van der Waals surface area contributed by atoms with E-state index in [1.54, 1.807) is 0 Å². The zero-order valence-electron chi connectivity index (χ0n) is 12.4. The van der Waals surface area contributed by atoms with Gasteiger partial charge in [0.2, 0.25) is 0 Å². The Hall–Kier alpha value is -1.98. The molecule has 1 N–H and O–H groups in total. The standard InChI is InChI=1S/C16H20N4O/c1-12-4-3-5-13(10-12)6-7-15-18-16(19-21-15)14-11-17-8-9-20(14)2/h3-7,10,14,17H,8-9,11H2,1-2H3/b7-6+. The number of aromatic nitrogens is 2. The third-order valence-corrected chi connectivity index (χ3v) is 3.73. The van der Waals surface area contributed by atoms with Gasteiger partial charge >= 0.3 is 0 Å². The van der Waals surface area contributed by atoms with Crippen LogP contribution in [0.5, 0.6) is 0 Å². The Labute approximate surface area is 124 Å². The minimum atomic E-state index is 0.184. The molecule has 0 spiro atoms. The molecule has 0 amide bonds. The molecule has 0 saturated carbocycles. The van der Waals surface area contributed by atoms with Crippen LogP contribution in [-0.4, -0.2) is 41.7 Å². The van der Waals surface area contributed by atoms with Crippen LogP contribution in [0.4, 0.5) is 0 Å². The van der Waals surface area contributed by atoms with Gasteiger partial charge in [-0.15, -0.1) is 0 Å². The Morgan fingerprint density at radius 3 is 3.10 bits per heavy atom. The van der Waals surface area contributed by atoms with E-state index < -0.39 is 0 Å². The molecule has 5 nitrogen and oxygen atoms in total. The van der Waals surface area contributed by atoms with Crippen molar-refractivity contribution in [1.82, 2.24) is 20.4 Å². The van der Waals surface area contributed by atoms with E-state index >= 15 is 0 Å². The van der Waals surface area contributed by atoms with Crippen LogP contribution in [0.2, 0.25) is 0 Å². The maximum absolute atomic E-state index is 5.32. The topological polar surface area (TPSA) is 54.2 Å². The van der Waals surface area contributed by atoms with Crippen LogP contribution >= 0.6 is 0 Å². The lowest BCUT2D eigenvalue weighted by atomic mass is 10.1. The van der Waals surface area contributed by atoms with E-state index in [1.807, 2.05) is 18.2 Å². The van der Waals surface area contributed by atoms with Crippen molar-refractivity contribution < 1.29 is 4.52 Å². The zero-order chi connectivity index (χ0) is 14.7.